The number of benzene rings is 1. The van der Waals surface area contributed by atoms with Crippen molar-refractivity contribution in [3.63, 3.8) is 0 Å². The lowest BCUT2D eigenvalue weighted by molar-refractivity contribution is 0.175. The predicted octanol–water partition coefficient (Wildman–Crippen LogP) is 2.73. The van der Waals surface area contributed by atoms with Gasteiger partial charge in [-0.25, -0.2) is 13.1 Å². The number of sulfonamides is 1. The SMILES string of the molecule is Cc1ccc(C(C)(C)C)cc1S(=O)(=O)NC(C)CC(C)O. The first kappa shape index (κ1) is 18.1. The minimum atomic E-state index is -3.58. The first-order valence-electron chi connectivity index (χ1n) is 7.25. The number of rotatable bonds is 5. The van der Waals surface area contributed by atoms with E-state index in [2.05, 4.69) is 25.5 Å². The summed E-state index contributed by atoms with van der Waals surface area (Å²) in [4.78, 5) is 0.312. The van der Waals surface area contributed by atoms with Gasteiger partial charge in [-0.1, -0.05) is 32.9 Å². The molecule has 5 heteroatoms. The molecule has 0 heterocycles. The van der Waals surface area contributed by atoms with Crippen molar-refractivity contribution in [1.82, 2.24) is 4.72 Å². The third-order valence-corrected chi connectivity index (χ3v) is 5.13. The predicted molar refractivity (Wildman–Crippen MR) is 86.0 cm³/mol. The Kier molecular flexibility index (Phi) is 5.58. The van der Waals surface area contributed by atoms with Crippen molar-refractivity contribution in [2.75, 3.05) is 0 Å². The number of nitrogens with one attached hydrogen (secondary N) is 1. The lowest BCUT2D eigenvalue weighted by Crippen LogP contribution is -2.35. The molecule has 0 aliphatic carbocycles. The van der Waals surface area contributed by atoms with Gasteiger partial charge < -0.3 is 5.11 Å². The van der Waals surface area contributed by atoms with Gasteiger partial charge in [-0.2, -0.15) is 0 Å². The molecule has 2 atom stereocenters. The molecular weight excluding hydrogens is 286 g/mol. The lowest BCUT2D eigenvalue weighted by atomic mass is 9.87. The van der Waals surface area contributed by atoms with Gasteiger partial charge in [0.05, 0.1) is 11.0 Å². The zero-order valence-corrected chi connectivity index (χ0v) is 14.6. The second-order valence-electron chi connectivity index (χ2n) is 6.84. The molecule has 0 aliphatic heterocycles. The standard InChI is InChI=1S/C16H27NO3S/c1-11-7-8-14(16(4,5)6)10-15(11)21(19,20)17-12(2)9-13(3)18/h7-8,10,12-13,17-18H,9H2,1-6H3. The van der Waals surface area contributed by atoms with Crippen molar-refractivity contribution in [2.45, 2.75) is 70.4 Å². The van der Waals surface area contributed by atoms with E-state index in [0.717, 1.165) is 11.1 Å². The molecule has 0 spiro atoms. The van der Waals surface area contributed by atoms with Crippen LogP contribution in [-0.4, -0.2) is 25.7 Å². The zero-order valence-electron chi connectivity index (χ0n) is 13.8. The molecule has 0 saturated heterocycles. The Labute approximate surface area is 128 Å². The molecule has 0 fully saturated rings. The normalized spacial score (nSPS) is 15.8. The van der Waals surface area contributed by atoms with Crippen LogP contribution in [0.2, 0.25) is 0 Å². The van der Waals surface area contributed by atoms with Crippen LogP contribution in [0, 0.1) is 6.92 Å². The topological polar surface area (TPSA) is 66.4 Å². The summed E-state index contributed by atoms with van der Waals surface area (Å²) in [6.07, 6.45) is -0.151. The average molecular weight is 313 g/mol. The third kappa shape index (κ3) is 5.09. The Morgan fingerprint density at radius 3 is 2.29 bits per heavy atom. The van der Waals surface area contributed by atoms with Gasteiger partial charge in [0.25, 0.3) is 0 Å². The van der Waals surface area contributed by atoms with E-state index in [4.69, 9.17) is 0 Å². The van der Waals surface area contributed by atoms with Gasteiger partial charge in [0.2, 0.25) is 10.0 Å². The van der Waals surface area contributed by atoms with Gasteiger partial charge in [-0.05, 0) is 49.8 Å². The largest absolute Gasteiger partial charge is 0.393 e. The number of aryl methyl sites for hydroxylation is 1. The second-order valence-corrected chi connectivity index (χ2v) is 8.52. The van der Waals surface area contributed by atoms with Crippen molar-refractivity contribution in [1.29, 1.82) is 0 Å². The zero-order chi connectivity index (χ0) is 16.4. The maximum Gasteiger partial charge on any atom is 0.241 e. The first-order valence-corrected chi connectivity index (χ1v) is 8.73. The third-order valence-electron chi connectivity index (χ3n) is 3.39. The van der Waals surface area contributed by atoms with Gasteiger partial charge in [0.15, 0.2) is 0 Å². The molecule has 0 amide bonds. The summed E-state index contributed by atoms with van der Waals surface area (Å²) in [7, 11) is -3.58. The number of aliphatic hydroxyl groups is 1. The van der Waals surface area contributed by atoms with E-state index < -0.39 is 16.1 Å². The molecule has 0 saturated carbocycles. The Morgan fingerprint density at radius 2 is 1.81 bits per heavy atom. The second kappa shape index (κ2) is 6.46. The van der Waals surface area contributed by atoms with Crippen LogP contribution in [0.25, 0.3) is 0 Å². The Morgan fingerprint density at radius 1 is 1.24 bits per heavy atom. The summed E-state index contributed by atoms with van der Waals surface area (Å²) < 4.78 is 27.7. The van der Waals surface area contributed by atoms with Crippen LogP contribution in [0.3, 0.4) is 0 Å². The fourth-order valence-corrected chi connectivity index (χ4v) is 3.77. The van der Waals surface area contributed by atoms with Gasteiger partial charge in [0.1, 0.15) is 0 Å². The summed E-state index contributed by atoms with van der Waals surface area (Å²) >= 11 is 0. The monoisotopic (exact) mass is 313 g/mol. The van der Waals surface area contributed by atoms with E-state index in [1.54, 1.807) is 26.8 Å². The molecule has 0 aliphatic rings. The van der Waals surface area contributed by atoms with Gasteiger partial charge in [-0.3, -0.25) is 0 Å². The van der Waals surface area contributed by atoms with E-state index in [1.807, 2.05) is 12.1 Å². The highest BCUT2D eigenvalue weighted by atomic mass is 32.2. The maximum absolute atomic E-state index is 12.5. The smallest absolute Gasteiger partial charge is 0.241 e. The van der Waals surface area contributed by atoms with Crippen LogP contribution >= 0.6 is 0 Å². The summed E-state index contributed by atoms with van der Waals surface area (Å²) in [6.45, 7) is 11.4. The van der Waals surface area contributed by atoms with Crippen LogP contribution in [-0.2, 0) is 15.4 Å². The molecule has 2 unspecified atom stereocenters. The quantitative estimate of drug-likeness (QED) is 0.878. The highest BCUT2D eigenvalue weighted by Crippen LogP contribution is 2.26. The van der Waals surface area contributed by atoms with E-state index in [1.165, 1.54) is 0 Å². The number of aliphatic hydroxyl groups excluding tert-OH is 1. The van der Waals surface area contributed by atoms with Crippen LogP contribution in [0.4, 0.5) is 0 Å². The molecule has 0 aromatic heterocycles. The van der Waals surface area contributed by atoms with Crippen LogP contribution in [0.1, 0.15) is 52.2 Å². The summed E-state index contributed by atoms with van der Waals surface area (Å²) in [5.74, 6) is 0. The van der Waals surface area contributed by atoms with Gasteiger partial charge in [-0.15, -0.1) is 0 Å². The van der Waals surface area contributed by atoms with Crippen molar-refractivity contribution >= 4 is 10.0 Å². The van der Waals surface area contributed by atoms with Crippen molar-refractivity contribution in [3.05, 3.63) is 29.3 Å². The van der Waals surface area contributed by atoms with Crippen molar-refractivity contribution < 1.29 is 13.5 Å². The fourth-order valence-electron chi connectivity index (χ4n) is 2.24. The molecule has 0 bridgehead atoms. The van der Waals surface area contributed by atoms with E-state index in [-0.39, 0.29) is 11.5 Å². The van der Waals surface area contributed by atoms with Crippen molar-refractivity contribution in [3.8, 4) is 0 Å². The molecule has 2 N–H and O–H groups in total. The number of hydrogen-bond acceptors (Lipinski definition) is 3. The number of hydrogen-bond donors (Lipinski definition) is 2. The van der Waals surface area contributed by atoms with Crippen LogP contribution in [0.15, 0.2) is 23.1 Å². The summed E-state index contributed by atoms with van der Waals surface area (Å²) in [6, 6.07) is 5.24. The Hall–Kier alpha value is -0.910. The van der Waals surface area contributed by atoms with E-state index >= 15 is 0 Å². The first-order chi connectivity index (χ1) is 9.43. The van der Waals surface area contributed by atoms with Crippen LogP contribution in [0.5, 0.6) is 0 Å². The Balaban J connectivity index is 3.13. The van der Waals surface area contributed by atoms with E-state index in [9.17, 15) is 13.5 Å². The molecule has 120 valence electrons. The maximum atomic E-state index is 12.5. The summed E-state index contributed by atoms with van der Waals surface area (Å²) in [5.41, 5.74) is 1.60. The highest BCUT2D eigenvalue weighted by Gasteiger charge is 2.23. The molecule has 4 nitrogen and oxygen atoms in total. The molecule has 1 aromatic rings. The van der Waals surface area contributed by atoms with E-state index in [0.29, 0.717) is 11.3 Å². The van der Waals surface area contributed by atoms with Gasteiger partial charge >= 0.3 is 0 Å². The minimum Gasteiger partial charge on any atom is -0.393 e. The summed E-state index contributed by atoms with van der Waals surface area (Å²) in [5, 5.41) is 9.36. The van der Waals surface area contributed by atoms with Crippen LogP contribution < -0.4 is 4.72 Å². The average Bonchev–Trinajstić information content (AvgIpc) is 2.25. The molecule has 1 rings (SSSR count). The fraction of sp³-hybridized carbons (Fsp3) is 0.625. The molecular formula is C16H27NO3S. The molecule has 1 aromatic carbocycles. The lowest BCUT2D eigenvalue weighted by Gasteiger charge is -2.22. The van der Waals surface area contributed by atoms with Gasteiger partial charge in [0, 0.05) is 6.04 Å². The highest BCUT2D eigenvalue weighted by molar-refractivity contribution is 7.89. The Bertz CT molecular complexity index is 586. The van der Waals surface area contributed by atoms with Crippen molar-refractivity contribution in [2.24, 2.45) is 0 Å². The molecule has 21 heavy (non-hydrogen) atoms. The minimum absolute atomic E-state index is 0.108. The molecule has 0 radical (unpaired) electrons.